The van der Waals surface area contributed by atoms with Gasteiger partial charge in [0.05, 0.1) is 18.8 Å². The Bertz CT molecular complexity index is 810. The Morgan fingerprint density at radius 2 is 0.679 bits per heavy atom. The number of amides is 1. The second kappa shape index (κ2) is 48.2. The van der Waals surface area contributed by atoms with Crippen LogP contribution in [0.1, 0.15) is 284 Å². The highest BCUT2D eigenvalue weighted by atomic mass is 16.3. The van der Waals surface area contributed by atoms with Crippen molar-refractivity contribution in [3.63, 3.8) is 0 Å². The normalized spacial score (nSPS) is 13.0. The molecule has 0 aromatic rings. The lowest BCUT2D eigenvalue weighted by atomic mass is 10.0. The minimum absolute atomic E-state index is 0.0709. The summed E-state index contributed by atoms with van der Waals surface area (Å²) in [4.78, 5) is 12.4. The van der Waals surface area contributed by atoms with Gasteiger partial charge in [0.2, 0.25) is 5.91 Å². The first kappa shape index (κ1) is 54.9. The number of aliphatic hydroxyl groups excluding tert-OH is 2. The van der Waals surface area contributed by atoms with Crippen LogP contribution in [-0.2, 0) is 4.79 Å². The number of hydrogen-bond acceptors (Lipinski definition) is 3. The molecule has 0 aliphatic carbocycles. The van der Waals surface area contributed by atoms with Crippen LogP contribution in [0, 0.1) is 0 Å². The molecule has 0 spiro atoms. The molecule has 56 heavy (non-hydrogen) atoms. The maximum Gasteiger partial charge on any atom is 0.220 e. The Morgan fingerprint density at radius 3 is 1.00 bits per heavy atom. The second-order valence-corrected chi connectivity index (χ2v) is 17.6. The molecule has 0 radical (unpaired) electrons. The monoisotopic (exact) mass is 788 g/mol. The van der Waals surface area contributed by atoms with Crippen molar-refractivity contribution in [3.8, 4) is 0 Å². The first-order valence-corrected chi connectivity index (χ1v) is 25.6. The van der Waals surface area contributed by atoms with Gasteiger partial charge in [-0.05, 0) is 44.9 Å². The van der Waals surface area contributed by atoms with Crippen LogP contribution < -0.4 is 5.32 Å². The van der Waals surface area contributed by atoms with Gasteiger partial charge in [0.25, 0.3) is 0 Å². The average Bonchev–Trinajstić information content (AvgIpc) is 3.20. The van der Waals surface area contributed by atoms with Gasteiger partial charge in [-0.2, -0.15) is 0 Å². The largest absolute Gasteiger partial charge is 0.394 e. The van der Waals surface area contributed by atoms with Crippen molar-refractivity contribution in [1.82, 2.24) is 5.32 Å². The summed E-state index contributed by atoms with van der Waals surface area (Å²) in [5.74, 6) is -0.0709. The molecule has 4 heteroatoms. The Labute approximate surface area is 351 Å². The zero-order chi connectivity index (χ0) is 40.7. The number of nitrogens with one attached hydrogen (secondary N) is 1. The van der Waals surface area contributed by atoms with E-state index < -0.39 is 12.1 Å². The molecule has 4 nitrogen and oxygen atoms in total. The molecule has 0 aromatic carbocycles. The summed E-state index contributed by atoms with van der Waals surface area (Å²) in [7, 11) is 0. The van der Waals surface area contributed by atoms with Gasteiger partial charge in [0.15, 0.2) is 0 Å². The number of carbonyl (C=O) groups is 1. The quantitative estimate of drug-likeness (QED) is 0.0425. The summed E-state index contributed by atoms with van der Waals surface area (Å²) >= 11 is 0. The number of unbranched alkanes of at least 4 members (excludes halogenated alkanes) is 38. The molecule has 3 N–H and O–H groups in total. The van der Waals surface area contributed by atoms with Crippen LogP contribution in [0.3, 0.4) is 0 Å². The van der Waals surface area contributed by atoms with Crippen LogP contribution in [0.15, 0.2) is 24.3 Å². The maximum absolute atomic E-state index is 12.4. The lowest BCUT2D eigenvalue weighted by molar-refractivity contribution is -0.123. The molecule has 0 rings (SSSR count). The molecule has 0 aromatic heterocycles. The van der Waals surface area contributed by atoms with Gasteiger partial charge >= 0.3 is 0 Å². The van der Waals surface area contributed by atoms with Gasteiger partial charge in [-0.1, -0.05) is 256 Å². The fourth-order valence-electron chi connectivity index (χ4n) is 8.00. The standard InChI is InChI=1S/C52H101NO3/c1-3-5-7-9-11-13-15-17-18-19-20-21-22-23-24-25-26-27-28-29-30-31-32-33-34-36-37-39-41-43-45-47-51(55)50(49-54)53-52(56)48-46-44-42-40-38-35-16-14-12-10-8-6-4-2/h14,16,45,47,50-51,54-55H,3-13,15,17-44,46,48-49H2,1-2H3,(H,53,56)/b16-14-,47-45+. The zero-order valence-electron chi connectivity index (χ0n) is 38.2. The number of allylic oxidation sites excluding steroid dienone is 3. The van der Waals surface area contributed by atoms with Crippen LogP contribution in [0.2, 0.25) is 0 Å². The van der Waals surface area contributed by atoms with E-state index in [1.807, 2.05) is 6.08 Å². The van der Waals surface area contributed by atoms with Crippen molar-refractivity contribution in [2.24, 2.45) is 0 Å². The minimum Gasteiger partial charge on any atom is -0.394 e. The van der Waals surface area contributed by atoms with Crippen molar-refractivity contribution < 1.29 is 15.0 Å². The lowest BCUT2D eigenvalue weighted by Crippen LogP contribution is -2.45. The number of hydrogen-bond donors (Lipinski definition) is 3. The highest BCUT2D eigenvalue weighted by Gasteiger charge is 2.18. The molecule has 2 unspecified atom stereocenters. The van der Waals surface area contributed by atoms with E-state index in [1.165, 1.54) is 225 Å². The predicted octanol–water partition coefficient (Wildman–Crippen LogP) is 16.4. The van der Waals surface area contributed by atoms with Crippen molar-refractivity contribution in [2.45, 2.75) is 296 Å². The van der Waals surface area contributed by atoms with E-state index >= 15 is 0 Å². The van der Waals surface area contributed by atoms with Crippen molar-refractivity contribution in [1.29, 1.82) is 0 Å². The third-order valence-corrected chi connectivity index (χ3v) is 11.9. The fraction of sp³-hybridized carbons (Fsp3) is 0.904. The third-order valence-electron chi connectivity index (χ3n) is 11.9. The molecule has 0 bridgehead atoms. The topological polar surface area (TPSA) is 69.6 Å². The summed E-state index contributed by atoms with van der Waals surface area (Å²) in [5, 5.41) is 23.0. The SMILES string of the molecule is CCCCCC/C=C\CCCCCCCC(=O)NC(CO)C(O)/C=C/CCCCCCCCCCCCCCCCCCCCCCCCCCCCCCC. The van der Waals surface area contributed by atoms with Crippen molar-refractivity contribution in [3.05, 3.63) is 24.3 Å². The van der Waals surface area contributed by atoms with Crippen molar-refractivity contribution >= 4 is 5.91 Å². The summed E-state index contributed by atoms with van der Waals surface area (Å²) in [6.07, 6.45) is 63.3. The molecule has 1 amide bonds. The predicted molar refractivity (Wildman–Crippen MR) is 249 cm³/mol. The highest BCUT2D eigenvalue weighted by Crippen LogP contribution is 2.17. The fourth-order valence-corrected chi connectivity index (χ4v) is 8.00. The van der Waals surface area contributed by atoms with E-state index in [0.717, 1.165) is 38.5 Å². The molecule has 0 aliphatic rings. The summed E-state index contributed by atoms with van der Waals surface area (Å²) < 4.78 is 0. The van der Waals surface area contributed by atoms with Crippen molar-refractivity contribution in [2.75, 3.05) is 6.61 Å². The van der Waals surface area contributed by atoms with E-state index in [9.17, 15) is 15.0 Å². The van der Waals surface area contributed by atoms with Gasteiger partial charge in [0, 0.05) is 6.42 Å². The Kier molecular flexibility index (Phi) is 47.3. The van der Waals surface area contributed by atoms with Crippen LogP contribution in [-0.4, -0.2) is 34.9 Å². The average molecular weight is 788 g/mol. The summed E-state index contributed by atoms with van der Waals surface area (Å²) in [6.45, 7) is 4.31. The molecule has 0 saturated carbocycles. The molecular formula is C52H101NO3. The highest BCUT2D eigenvalue weighted by molar-refractivity contribution is 5.76. The van der Waals surface area contributed by atoms with E-state index in [1.54, 1.807) is 6.08 Å². The number of carbonyl (C=O) groups excluding carboxylic acids is 1. The second-order valence-electron chi connectivity index (χ2n) is 17.6. The lowest BCUT2D eigenvalue weighted by Gasteiger charge is -2.20. The van der Waals surface area contributed by atoms with Gasteiger partial charge in [-0.25, -0.2) is 0 Å². The van der Waals surface area contributed by atoms with Gasteiger partial charge < -0.3 is 15.5 Å². The van der Waals surface area contributed by atoms with E-state index in [-0.39, 0.29) is 12.5 Å². The Balaban J connectivity index is 3.43. The van der Waals surface area contributed by atoms with Crippen LogP contribution in [0.25, 0.3) is 0 Å². The Morgan fingerprint density at radius 1 is 0.411 bits per heavy atom. The molecule has 0 aliphatic heterocycles. The number of aliphatic hydroxyl groups is 2. The molecular weight excluding hydrogens is 687 g/mol. The molecule has 2 atom stereocenters. The molecule has 0 saturated heterocycles. The van der Waals surface area contributed by atoms with E-state index in [2.05, 4.69) is 31.3 Å². The number of rotatable bonds is 47. The molecule has 332 valence electrons. The first-order valence-electron chi connectivity index (χ1n) is 25.6. The third kappa shape index (κ3) is 44.0. The summed E-state index contributed by atoms with van der Waals surface area (Å²) in [5.41, 5.74) is 0. The van der Waals surface area contributed by atoms with Gasteiger partial charge in [0.1, 0.15) is 0 Å². The first-order chi connectivity index (χ1) is 27.7. The van der Waals surface area contributed by atoms with Crippen LogP contribution in [0.5, 0.6) is 0 Å². The van der Waals surface area contributed by atoms with E-state index in [0.29, 0.717) is 6.42 Å². The van der Waals surface area contributed by atoms with Gasteiger partial charge in [-0.15, -0.1) is 0 Å². The molecule has 0 heterocycles. The van der Waals surface area contributed by atoms with Crippen LogP contribution in [0.4, 0.5) is 0 Å². The smallest absolute Gasteiger partial charge is 0.220 e. The summed E-state index contributed by atoms with van der Waals surface area (Å²) in [6, 6.07) is -0.624. The Hall–Kier alpha value is -1.13. The zero-order valence-corrected chi connectivity index (χ0v) is 38.2. The van der Waals surface area contributed by atoms with Gasteiger partial charge in [-0.3, -0.25) is 4.79 Å². The van der Waals surface area contributed by atoms with E-state index in [4.69, 9.17) is 0 Å². The minimum atomic E-state index is -0.840. The molecule has 0 fully saturated rings. The van der Waals surface area contributed by atoms with Crippen LogP contribution >= 0.6 is 0 Å². The maximum atomic E-state index is 12.4.